The van der Waals surface area contributed by atoms with Gasteiger partial charge in [-0.1, -0.05) is 30.1 Å². The lowest BCUT2D eigenvalue weighted by atomic mass is 10.0. The highest BCUT2D eigenvalue weighted by Crippen LogP contribution is 2.29. The molecular weight excluding hydrogens is 301 g/mol. The van der Waals surface area contributed by atoms with E-state index < -0.39 is 0 Å². The number of benzene rings is 1. The molecule has 0 aromatic heterocycles. The molecule has 1 aliphatic rings. The van der Waals surface area contributed by atoms with Crippen LogP contribution in [0.2, 0.25) is 10.0 Å². The van der Waals surface area contributed by atoms with Gasteiger partial charge in [-0.2, -0.15) is 11.8 Å². The van der Waals surface area contributed by atoms with E-state index in [1.807, 2.05) is 17.8 Å². The fraction of sp³-hybridized carbons (Fsp3) is 0.571. The number of ether oxygens (including phenoxy) is 1. The molecule has 0 amide bonds. The summed E-state index contributed by atoms with van der Waals surface area (Å²) in [6.45, 7) is 4.30. The largest absolute Gasteiger partial charge is 0.489 e. The monoisotopic (exact) mass is 319 g/mol. The van der Waals surface area contributed by atoms with Gasteiger partial charge in [0, 0.05) is 24.3 Å². The summed E-state index contributed by atoms with van der Waals surface area (Å²) in [5.74, 6) is 3.52. The van der Waals surface area contributed by atoms with Crippen molar-refractivity contribution < 1.29 is 4.74 Å². The fourth-order valence-corrected chi connectivity index (χ4v) is 3.32. The molecule has 2 atom stereocenters. The van der Waals surface area contributed by atoms with Crippen molar-refractivity contribution in [2.24, 2.45) is 5.92 Å². The predicted octanol–water partition coefficient (Wildman–Crippen LogP) is 4.10. The zero-order valence-electron chi connectivity index (χ0n) is 11.0. The average molecular weight is 320 g/mol. The molecule has 1 aromatic rings. The molecule has 0 bridgehead atoms. The number of thioether (sulfide) groups is 1. The Bertz CT molecular complexity index is 410. The Morgan fingerprint density at radius 2 is 2.26 bits per heavy atom. The summed E-state index contributed by atoms with van der Waals surface area (Å²) in [5.41, 5.74) is 0. The predicted molar refractivity (Wildman–Crippen MR) is 84.9 cm³/mol. The van der Waals surface area contributed by atoms with Gasteiger partial charge in [0.05, 0.1) is 10.0 Å². The van der Waals surface area contributed by atoms with Crippen molar-refractivity contribution in [1.82, 2.24) is 5.32 Å². The number of nitrogens with one attached hydrogen (secondary N) is 1. The van der Waals surface area contributed by atoms with Crippen LogP contribution in [0.4, 0.5) is 0 Å². The Labute approximate surface area is 129 Å². The number of rotatable bonds is 6. The third-order valence-electron chi connectivity index (χ3n) is 3.29. The van der Waals surface area contributed by atoms with Crippen LogP contribution in [-0.2, 0) is 0 Å². The van der Waals surface area contributed by atoms with Gasteiger partial charge >= 0.3 is 0 Å². The summed E-state index contributed by atoms with van der Waals surface area (Å²) in [6, 6.07) is 5.48. The first-order valence-corrected chi connectivity index (χ1v) is 8.52. The zero-order valence-corrected chi connectivity index (χ0v) is 13.3. The molecule has 0 spiro atoms. The van der Waals surface area contributed by atoms with Gasteiger partial charge in [0.15, 0.2) is 0 Å². The van der Waals surface area contributed by atoms with Crippen molar-refractivity contribution >= 4 is 35.0 Å². The van der Waals surface area contributed by atoms with Crippen LogP contribution in [0.1, 0.15) is 13.3 Å². The molecule has 1 aliphatic heterocycles. The normalized spacial score (nSPS) is 20.5. The molecule has 2 rings (SSSR count). The SMILES string of the molecule is CCSC[C@H](Oc1ccc(Cl)c(Cl)c1)C1CCNC1. The molecule has 106 valence electrons. The second kappa shape index (κ2) is 7.63. The van der Waals surface area contributed by atoms with Crippen molar-refractivity contribution in [3.63, 3.8) is 0 Å². The molecule has 1 N–H and O–H groups in total. The van der Waals surface area contributed by atoms with Crippen LogP contribution < -0.4 is 10.1 Å². The summed E-state index contributed by atoms with van der Waals surface area (Å²) in [5, 5.41) is 4.51. The molecule has 1 heterocycles. The van der Waals surface area contributed by atoms with E-state index in [1.54, 1.807) is 12.1 Å². The van der Waals surface area contributed by atoms with E-state index in [0.29, 0.717) is 16.0 Å². The minimum absolute atomic E-state index is 0.234. The van der Waals surface area contributed by atoms with Crippen LogP contribution >= 0.6 is 35.0 Å². The smallest absolute Gasteiger partial charge is 0.121 e. The number of hydrogen-bond acceptors (Lipinski definition) is 3. The maximum Gasteiger partial charge on any atom is 0.121 e. The maximum absolute atomic E-state index is 6.13. The maximum atomic E-state index is 6.13. The summed E-state index contributed by atoms with van der Waals surface area (Å²) in [6.07, 6.45) is 1.41. The number of halogens is 2. The molecular formula is C14H19Cl2NOS. The van der Waals surface area contributed by atoms with Crippen molar-refractivity contribution in [3.8, 4) is 5.75 Å². The van der Waals surface area contributed by atoms with Crippen molar-refractivity contribution in [1.29, 1.82) is 0 Å². The van der Waals surface area contributed by atoms with Gasteiger partial charge in [-0.15, -0.1) is 0 Å². The highest BCUT2D eigenvalue weighted by atomic mass is 35.5. The van der Waals surface area contributed by atoms with E-state index in [4.69, 9.17) is 27.9 Å². The lowest BCUT2D eigenvalue weighted by Gasteiger charge is -2.24. The molecule has 2 nitrogen and oxygen atoms in total. The lowest BCUT2D eigenvalue weighted by molar-refractivity contribution is 0.165. The van der Waals surface area contributed by atoms with Crippen molar-refractivity contribution in [2.75, 3.05) is 24.6 Å². The lowest BCUT2D eigenvalue weighted by Crippen LogP contribution is -2.31. The van der Waals surface area contributed by atoms with Gasteiger partial charge in [-0.3, -0.25) is 0 Å². The number of hydrogen-bond donors (Lipinski definition) is 1. The summed E-state index contributed by atoms with van der Waals surface area (Å²) < 4.78 is 6.13. The Balaban J connectivity index is 2.03. The minimum Gasteiger partial charge on any atom is -0.489 e. The Hall–Kier alpha value is -0.0900. The van der Waals surface area contributed by atoms with Crippen LogP contribution in [0, 0.1) is 5.92 Å². The minimum atomic E-state index is 0.234. The topological polar surface area (TPSA) is 21.3 Å². The Morgan fingerprint density at radius 3 is 2.89 bits per heavy atom. The summed E-state index contributed by atoms with van der Waals surface area (Å²) in [7, 11) is 0. The van der Waals surface area contributed by atoms with Gasteiger partial charge < -0.3 is 10.1 Å². The van der Waals surface area contributed by atoms with E-state index in [0.717, 1.165) is 30.3 Å². The molecule has 0 aliphatic carbocycles. The van der Waals surface area contributed by atoms with Gasteiger partial charge in [0.2, 0.25) is 0 Å². The van der Waals surface area contributed by atoms with Gasteiger partial charge in [0.25, 0.3) is 0 Å². The third-order valence-corrected chi connectivity index (χ3v) is 5.00. The Kier molecular flexibility index (Phi) is 6.14. The second-order valence-corrected chi connectivity index (χ2v) is 6.78. The fourth-order valence-electron chi connectivity index (χ4n) is 2.22. The molecule has 5 heteroatoms. The van der Waals surface area contributed by atoms with E-state index in [1.165, 1.54) is 6.42 Å². The first-order valence-electron chi connectivity index (χ1n) is 6.61. The van der Waals surface area contributed by atoms with E-state index >= 15 is 0 Å². The van der Waals surface area contributed by atoms with E-state index in [-0.39, 0.29) is 6.10 Å². The molecule has 19 heavy (non-hydrogen) atoms. The van der Waals surface area contributed by atoms with Crippen molar-refractivity contribution in [3.05, 3.63) is 28.2 Å². The molecule has 1 unspecified atom stereocenters. The highest BCUT2D eigenvalue weighted by molar-refractivity contribution is 7.99. The summed E-state index contributed by atoms with van der Waals surface area (Å²) in [4.78, 5) is 0. The molecule has 1 aromatic carbocycles. The Morgan fingerprint density at radius 1 is 1.42 bits per heavy atom. The van der Waals surface area contributed by atoms with Crippen LogP contribution in [-0.4, -0.2) is 30.7 Å². The third kappa shape index (κ3) is 4.45. The second-order valence-electron chi connectivity index (χ2n) is 4.64. The summed E-state index contributed by atoms with van der Waals surface area (Å²) >= 11 is 13.9. The standard InChI is InChI=1S/C14H19Cl2NOS/c1-2-19-9-14(10-5-6-17-8-10)18-11-3-4-12(15)13(16)7-11/h3-4,7,10,14,17H,2,5-6,8-9H2,1H3/t10?,14-/m0/s1. The van der Waals surface area contributed by atoms with Crippen LogP contribution in [0.15, 0.2) is 18.2 Å². The van der Waals surface area contributed by atoms with E-state index in [2.05, 4.69) is 12.2 Å². The van der Waals surface area contributed by atoms with Crippen LogP contribution in [0.3, 0.4) is 0 Å². The highest BCUT2D eigenvalue weighted by Gasteiger charge is 2.26. The first kappa shape index (κ1) is 15.3. The molecule has 0 radical (unpaired) electrons. The van der Waals surface area contributed by atoms with Gasteiger partial charge in [-0.05, 0) is 30.9 Å². The first-order chi connectivity index (χ1) is 9.20. The zero-order chi connectivity index (χ0) is 13.7. The molecule has 0 saturated carbocycles. The van der Waals surface area contributed by atoms with Crippen molar-refractivity contribution in [2.45, 2.75) is 19.4 Å². The van der Waals surface area contributed by atoms with E-state index in [9.17, 15) is 0 Å². The van der Waals surface area contributed by atoms with Crippen LogP contribution in [0.5, 0.6) is 5.75 Å². The van der Waals surface area contributed by atoms with Crippen LogP contribution in [0.25, 0.3) is 0 Å². The average Bonchev–Trinajstić information content (AvgIpc) is 2.92. The van der Waals surface area contributed by atoms with Gasteiger partial charge in [-0.25, -0.2) is 0 Å². The quantitative estimate of drug-likeness (QED) is 0.852. The molecule has 1 saturated heterocycles. The molecule has 1 fully saturated rings. The van der Waals surface area contributed by atoms with Gasteiger partial charge in [0.1, 0.15) is 11.9 Å².